The van der Waals surface area contributed by atoms with Gasteiger partial charge in [0.2, 0.25) is 0 Å². The summed E-state index contributed by atoms with van der Waals surface area (Å²) in [5.41, 5.74) is 4.21. The predicted octanol–water partition coefficient (Wildman–Crippen LogP) is 2.97. The van der Waals surface area contributed by atoms with Crippen molar-refractivity contribution in [1.82, 2.24) is 19.9 Å². The van der Waals surface area contributed by atoms with E-state index in [1.165, 1.54) is 5.56 Å². The van der Waals surface area contributed by atoms with E-state index in [1.807, 2.05) is 19.1 Å². The van der Waals surface area contributed by atoms with Crippen molar-refractivity contribution in [2.45, 2.75) is 25.9 Å². The summed E-state index contributed by atoms with van der Waals surface area (Å²) in [4.78, 5) is 14.5. The molecular weight excluding hydrogens is 342 g/mol. The molecule has 3 heterocycles. The van der Waals surface area contributed by atoms with E-state index in [0.717, 1.165) is 60.1 Å². The number of methoxy groups -OCH3 is 2. The Hall–Kier alpha value is -2.80. The number of hydrogen-bond donors (Lipinski definition) is 2. The minimum Gasteiger partial charge on any atom is -0.497 e. The molecule has 1 aliphatic heterocycles. The first-order valence-electron chi connectivity index (χ1n) is 9.16. The molecule has 0 bridgehead atoms. The van der Waals surface area contributed by atoms with Gasteiger partial charge in [0.1, 0.15) is 23.3 Å². The van der Waals surface area contributed by atoms with E-state index in [-0.39, 0.29) is 0 Å². The molecule has 1 aliphatic rings. The zero-order valence-electron chi connectivity index (χ0n) is 16.0. The third-order valence-electron chi connectivity index (χ3n) is 4.98. The van der Waals surface area contributed by atoms with Crippen LogP contribution >= 0.6 is 0 Å². The Bertz CT molecular complexity index is 917. The zero-order chi connectivity index (χ0) is 18.8. The van der Waals surface area contributed by atoms with E-state index in [9.17, 15) is 0 Å². The molecule has 4 rings (SSSR count). The zero-order valence-corrected chi connectivity index (χ0v) is 16.0. The Labute approximate surface area is 158 Å². The van der Waals surface area contributed by atoms with Crippen molar-refractivity contribution in [3.05, 3.63) is 41.9 Å². The summed E-state index contributed by atoms with van der Waals surface area (Å²) < 4.78 is 10.8. The van der Waals surface area contributed by atoms with E-state index in [0.29, 0.717) is 6.04 Å². The number of hydrogen-bond acceptors (Lipinski definition) is 6. The van der Waals surface area contributed by atoms with E-state index < -0.39 is 0 Å². The van der Waals surface area contributed by atoms with Crippen LogP contribution in [0.15, 0.2) is 30.6 Å². The van der Waals surface area contributed by atoms with Crippen molar-refractivity contribution in [2.24, 2.45) is 0 Å². The van der Waals surface area contributed by atoms with E-state index in [2.05, 4.69) is 37.3 Å². The second-order valence-electron chi connectivity index (χ2n) is 7.02. The first-order valence-corrected chi connectivity index (χ1v) is 9.16. The summed E-state index contributed by atoms with van der Waals surface area (Å²) in [5.74, 6) is 2.52. The maximum atomic E-state index is 5.38. The van der Waals surface area contributed by atoms with E-state index in [1.54, 1.807) is 20.5 Å². The third kappa shape index (κ3) is 3.83. The van der Waals surface area contributed by atoms with Crippen LogP contribution in [-0.2, 0) is 6.54 Å². The Balaban J connectivity index is 1.43. The van der Waals surface area contributed by atoms with Crippen molar-refractivity contribution in [3.8, 4) is 11.5 Å². The monoisotopic (exact) mass is 367 g/mol. The molecule has 0 amide bonds. The van der Waals surface area contributed by atoms with Crippen LogP contribution < -0.4 is 14.8 Å². The first kappa shape index (κ1) is 17.6. The van der Waals surface area contributed by atoms with Gasteiger partial charge in [-0.3, -0.25) is 4.90 Å². The van der Waals surface area contributed by atoms with Crippen molar-refractivity contribution in [1.29, 1.82) is 0 Å². The van der Waals surface area contributed by atoms with Gasteiger partial charge in [0.15, 0.2) is 5.82 Å². The Morgan fingerprint density at radius 2 is 1.93 bits per heavy atom. The predicted molar refractivity (Wildman–Crippen MR) is 105 cm³/mol. The lowest BCUT2D eigenvalue weighted by Crippen LogP contribution is -2.26. The smallest absolute Gasteiger partial charge is 0.154 e. The molecule has 1 atom stereocenters. The fourth-order valence-electron chi connectivity index (χ4n) is 3.68. The molecule has 0 radical (unpaired) electrons. The second-order valence-corrected chi connectivity index (χ2v) is 7.02. The highest BCUT2D eigenvalue weighted by Crippen LogP contribution is 2.26. The lowest BCUT2D eigenvalue weighted by atomic mass is 10.2. The third-order valence-corrected chi connectivity index (χ3v) is 4.98. The highest BCUT2D eigenvalue weighted by molar-refractivity contribution is 5.86. The molecule has 2 aromatic heterocycles. The number of anilines is 1. The number of likely N-dealkylation sites (tertiary alicyclic amines) is 1. The second kappa shape index (κ2) is 7.44. The van der Waals surface area contributed by atoms with Crippen LogP contribution in [-0.4, -0.2) is 53.2 Å². The molecule has 0 saturated carbocycles. The molecule has 142 valence electrons. The number of rotatable bonds is 6. The van der Waals surface area contributed by atoms with Gasteiger partial charge in [-0.25, -0.2) is 9.97 Å². The van der Waals surface area contributed by atoms with Gasteiger partial charge in [-0.05, 0) is 37.1 Å². The number of aromatic nitrogens is 3. The summed E-state index contributed by atoms with van der Waals surface area (Å²) in [6.45, 7) is 4.90. The lowest BCUT2D eigenvalue weighted by Gasteiger charge is -2.18. The topological polar surface area (TPSA) is 75.3 Å². The van der Waals surface area contributed by atoms with Gasteiger partial charge < -0.3 is 19.8 Å². The molecular formula is C20H25N5O2. The van der Waals surface area contributed by atoms with Gasteiger partial charge in [0.25, 0.3) is 0 Å². The number of ether oxygens (including phenoxy) is 2. The maximum absolute atomic E-state index is 5.38. The molecule has 1 unspecified atom stereocenters. The van der Waals surface area contributed by atoms with Crippen molar-refractivity contribution in [2.75, 3.05) is 32.6 Å². The van der Waals surface area contributed by atoms with Gasteiger partial charge in [0, 0.05) is 37.4 Å². The Kier molecular flexibility index (Phi) is 4.85. The highest BCUT2D eigenvalue weighted by Gasteiger charge is 2.24. The number of nitrogens with one attached hydrogen (secondary N) is 2. The molecule has 3 aromatic rings. The summed E-state index contributed by atoms with van der Waals surface area (Å²) in [6.07, 6.45) is 2.69. The molecule has 0 spiro atoms. The van der Waals surface area contributed by atoms with Gasteiger partial charge in [0.05, 0.1) is 19.7 Å². The molecule has 1 saturated heterocycles. The average Bonchev–Trinajstić information content (AvgIpc) is 3.27. The van der Waals surface area contributed by atoms with Crippen molar-refractivity contribution >= 4 is 16.9 Å². The summed E-state index contributed by atoms with van der Waals surface area (Å²) >= 11 is 0. The van der Waals surface area contributed by atoms with Gasteiger partial charge >= 0.3 is 0 Å². The number of benzene rings is 1. The number of aromatic amines is 1. The van der Waals surface area contributed by atoms with Gasteiger partial charge in [-0.15, -0.1) is 0 Å². The number of nitrogens with zero attached hydrogens (tertiary/aromatic N) is 3. The lowest BCUT2D eigenvalue weighted by molar-refractivity contribution is 0.326. The van der Waals surface area contributed by atoms with Crippen LogP contribution in [0.25, 0.3) is 11.0 Å². The van der Waals surface area contributed by atoms with Gasteiger partial charge in [-0.2, -0.15) is 0 Å². The number of aryl methyl sites for hydroxylation is 1. The molecule has 27 heavy (non-hydrogen) atoms. The maximum Gasteiger partial charge on any atom is 0.154 e. The first-order chi connectivity index (χ1) is 13.1. The van der Waals surface area contributed by atoms with Crippen molar-refractivity contribution < 1.29 is 9.47 Å². The minimum atomic E-state index is 0.360. The van der Waals surface area contributed by atoms with Crippen LogP contribution in [0.5, 0.6) is 11.5 Å². The standard InChI is InChI=1S/C20H25N5O2/c1-13-6-18-19(23-13)20(22-12-21-18)24-15-4-5-25(11-15)10-14-7-16(26-2)9-17(8-14)27-3/h6-9,12,15,23H,4-5,10-11H2,1-3H3,(H,21,22,24). The molecule has 7 nitrogen and oxygen atoms in total. The summed E-state index contributed by atoms with van der Waals surface area (Å²) in [5, 5.41) is 3.58. The fraction of sp³-hybridized carbons (Fsp3) is 0.400. The van der Waals surface area contributed by atoms with E-state index >= 15 is 0 Å². The van der Waals surface area contributed by atoms with Crippen LogP contribution in [0.3, 0.4) is 0 Å². The molecule has 2 N–H and O–H groups in total. The fourth-order valence-corrected chi connectivity index (χ4v) is 3.68. The van der Waals surface area contributed by atoms with Crippen LogP contribution in [0.4, 0.5) is 5.82 Å². The number of fused-ring (bicyclic) bond motifs is 1. The largest absolute Gasteiger partial charge is 0.497 e. The Morgan fingerprint density at radius 1 is 1.15 bits per heavy atom. The summed E-state index contributed by atoms with van der Waals surface area (Å²) in [7, 11) is 3.36. The molecule has 0 aliphatic carbocycles. The van der Waals surface area contributed by atoms with Crippen LogP contribution in [0, 0.1) is 6.92 Å². The van der Waals surface area contributed by atoms with Gasteiger partial charge in [-0.1, -0.05) is 0 Å². The summed E-state index contributed by atoms with van der Waals surface area (Å²) in [6, 6.07) is 8.44. The van der Waals surface area contributed by atoms with Crippen LogP contribution in [0.2, 0.25) is 0 Å². The molecule has 1 fully saturated rings. The van der Waals surface area contributed by atoms with Crippen molar-refractivity contribution in [3.63, 3.8) is 0 Å². The molecule has 1 aromatic carbocycles. The average molecular weight is 367 g/mol. The number of H-pyrrole nitrogens is 1. The normalized spacial score (nSPS) is 17.4. The van der Waals surface area contributed by atoms with E-state index in [4.69, 9.17) is 9.47 Å². The highest BCUT2D eigenvalue weighted by atomic mass is 16.5. The van der Waals surface area contributed by atoms with Crippen LogP contribution in [0.1, 0.15) is 17.7 Å². The SMILES string of the molecule is COc1cc(CN2CCC(Nc3ncnc4cc(C)[nH]c34)C2)cc(OC)c1. The quantitative estimate of drug-likeness (QED) is 0.698. The Morgan fingerprint density at radius 3 is 2.67 bits per heavy atom. The minimum absolute atomic E-state index is 0.360. The molecule has 7 heteroatoms.